The first kappa shape index (κ1) is 26.0. The Morgan fingerprint density at radius 1 is 0.973 bits per heavy atom. The van der Waals surface area contributed by atoms with Gasteiger partial charge in [0.05, 0.1) is 17.2 Å². The zero-order valence-electron chi connectivity index (χ0n) is 21.1. The number of benzene rings is 2. The van der Waals surface area contributed by atoms with Crippen molar-refractivity contribution in [2.45, 2.75) is 52.2 Å². The summed E-state index contributed by atoms with van der Waals surface area (Å²) in [5, 5.41) is 0. The first-order valence-corrected chi connectivity index (χ1v) is 11.9. The van der Waals surface area contributed by atoms with Crippen LogP contribution in [0.1, 0.15) is 60.4 Å². The number of aryl methyl sites for hydroxylation is 1. The third kappa shape index (κ3) is 5.85. The van der Waals surface area contributed by atoms with Crippen molar-refractivity contribution >= 4 is 17.4 Å². The lowest BCUT2D eigenvalue weighted by molar-refractivity contribution is -0.156. The number of esters is 1. The molecule has 2 aromatic carbocycles. The fourth-order valence-corrected chi connectivity index (χ4v) is 4.10. The van der Waals surface area contributed by atoms with E-state index in [2.05, 4.69) is 4.98 Å². The molecule has 192 valence electrons. The van der Waals surface area contributed by atoms with Crippen LogP contribution in [-0.2, 0) is 16.1 Å². The monoisotopic (exact) mass is 506 g/mol. The van der Waals surface area contributed by atoms with Gasteiger partial charge in [0.1, 0.15) is 29.5 Å². The van der Waals surface area contributed by atoms with Crippen LogP contribution in [0.15, 0.2) is 66.9 Å². The molecule has 0 fully saturated rings. The lowest BCUT2D eigenvalue weighted by Crippen LogP contribution is -2.29. The Morgan fingerprint density at radius 3 is 2.30 bits per heavy atom. The largest absolute Gasteiger partial charge is 0.485 e. The number of halogens is 2. The van der Waals surface area contributed by atoms with Crippen LogP contribution in [0.5, 0.6) is 5.75 Å². The van der Waals surface area contributed by atoms with Gasteiger partial charge in [-0.3, -0.25) is 14.0 Å². The van der Waals surface area contributed by atoms with E-state index in [9.17, 15) is 18.4 Å². The van der Waals surface area contributed by atoms with E-state index in [0.29, 0.717) is 22.6 Å². The van der Waals surface area contributed by atoms with Gasteiger partial charge in [-0.05, 0) is 57.5 Å². The van der Waals surface area contributed by atoms with E-state index < -0.39 is 29.1 Å². The van der Waals surface area contributed by atoms with Crippen molar-refractivity contribution in [3.05, 3.63) is 101 Å². The van der Waals surface area contributed by atoms with Crippen molar-refractivity contribution in [3.63, 3.8) is 0 Å². The van der Waals surface area contributed by atoms with E-state index in [-0.39, 0.29) is 30.1 Å². The van der Waals surface area contributed by atoms with Crippen LogP contribution in [0, 0.1) is 18.6 Å². The zero-order valence-corrected chi connectivity index (χ0v) is 21.1. The molecule has 0 saturated carbocycles. The van der Waals surface area contributed by atoms with Gasteiger partial charge < -0.3 is 9.47 Å². The Kier molecular flexibility index (Phi) is 7.38. The van der Waals surface area contributed by atoms with Crippen LogP contribution in [0.4, 0.5) is 8.78 Å². The second kappa shape index (κ2) is 10.5. The fraction of sp³-hybridized carbons (Fsp3) is 0.276. The molecule has 37 heavy (non-hydrogen) atoms. The number of fused-ring (bicyclic) bond motifs is 1. The molecule has 0 bridgehead atoms. The third-order valence-electron chi connectivity index (χ3n) is 5.77. The molecule has 0 radical (unpaired) electrons. The number of ketones is 1. The van der Waals surface area contributed by atoms with Gasteiger partial charge in [-0.15, -0.1) is 0 Å². The van der Waals surface area contributed by atoms with Gasteiger partial charge >= 0.3 is 5.97 Å². The molecule has 0 aliphatic heterocycles. The SMILES string of the molecule is Cc1nc2c(OCc3c(F)cccc3F)cccn2c1C(=O)C[C@@H](C(=O)OC(C)(C)C)c1ccccc1. The van der Waals surface area contributed by atoms with Gasteiger partial charge in [0, 0.05) is 12.6 Å². The number of pyridine rings is 1. The molecule has 4 rings (SSSR count). The quantitative estimate of drug-likeness (QED) is 0.210. The van der Waals surface area contributed by atoms with E-state index in [1.807, 2.05) is 6.07 Å². The number of carbonyl (C=O) groups excluding carboxylic acids is 2. The molecule has 0 aliphatic carbocycles. The predicted molar refractivity (Wildman–Crippen MR) is 135 cm³/mol. The number of rotatable bonds is 8. The molecule has 0 aliphatic rings. The molecule has 1 atom stereocenters. The summed E-state index contributed by atoms with van der Waals surface area (Å²) in [6.07, 6.45) is 1.53. The summed E-state index contributed by atoms with van der Waals surface area (Å²) < 4.78 is 41.0. The molecule has 2 heterocycles. The first-order chi connectivity index (χ1) is 17.5. The van der Waals surface area contributed by atoms with Crippen LogP contribution in [0.25, 0.3) is 5.65 Å². The number of aromatic nitrogens is 2. The minimum atomic E-state index is -0.804. The third-order valence-corrected chi connectivity index (χ3v) is 5.77. The Labute approximate surface area is 213 Å². The maximum atomic E-state index is 14.0. The summed E-state index contributed by atoms with van der Waals surface area (Å²) in [7, 11) is 0. The molecular formula is C29H28F2N2O4. The van der Waals surface area contributed by atoms with E-state index in [0.717, 1.165) is 12.1 Å². The normalized spacial score (nSPS) is 12.4. The second-order valence-electron chi connectivity index (χ2n) is 9.72. The fourth-order valence-electron chi connectivity index (χ4n) is 4.10. The number of carbonyl (C=O) groups is 2. The maximum Gasteiger partial charge on any atom is 0.314 e. The van der Waals surface area contributed by atoms with Gasteiger partial charge in [-0.2, -0.15) is 0 Å². The van der Waals surface area contributed by atoms with Crippen molar-refractivity contribution in [1.29, 1.82) is 0 Å². The van der Waals surface area contributed by atoms with Gasteiger partial charge in [0.25, 0.3) is 0 Å². The zero-order chi connectivity index (χ0) is 26.7. The van der Waals surface area contributed by atoms with Crippen LogP contribution < -0.4 is 4.74 Å². The van der Waals surface area contributed by atoms with Crippen molar-refractivity contribution in [1.82, 2.24) is 9.38 Å². The summed E-state index contributed by atoms with van der Waals surface area (Å²) in [5.41, 5.74) is 0.820. The molecule has 8 heteroatoms. The summed E-state index contributed by atoms with van der Waals surface area (Å²) in [6, 6.07) is 15.9. The molecule has 0 unspecified atom stereocenters. The number of Topliss-reactive ketones (excluding diaryl/α,β-unsaturated/α-hetero) is 1. The highest BCUT2D eigenvalue weighted by atomic mass is 19.1. The average molecular weight is 507 g/mol. The average Bonchev–Trinajstić information content (AvgIpc) is 3.18. The van der Waals surface area contributed by atoms with Crippen molar-refractivity contribution < 1.29 is 27.8 Å². The molecule has 6 nitrogen and oxygen atoms in total. The molecule has 0 spiro atoms. The topological polar surface area (TPSA) is 69.9 Å². The van der Waals surface area contributed by atoms with E-state index in [4.69, 9.17) is 9.47 Å². The van der Waals surface area contributed by atoms with Gasteiger partial charge in [0.15, 0.2) is 17.2 Å². The second-order valence-corrected chi connectivity index (χ2v) is 9.72. The van der Waals surface area contributed by atoms with Gasteiger partial charge in [-0.1, -0.05) is 36.4 Å². The lowest BCUT2D eigenvalue weighted by atomic mass is 9.92. The van der Waals surface area contributed by atoms with Gasteiger partial charge in [0.2, 0.25) is 0 Å². The summed E-state index contributed by atoms with van der Waals surface area (Å²) in [4.78, 5) is 31.1. The Balaban J connectivity index is 1.64. The minimum absolute atomic E-state index is 0.126. The molecule has 0 amide bonds. The minimum Gasteiger partial charge on any atom is -0.485 e. The van der Waals surface area contributed by atoms with Crippen molar-refractivity contribution in [3.8, 4) is 5.75 Å². The lowest BCUT2D eigenvalue weighted by Gasteiger charge is -2.24. The standard InChI is InChI=1S/C29H28F2N2O4/c1-18-26(24(34)16-20(19-10-6-5-7-11-19)28(35)37-29(2,3)4)33-15-9-14-25(27(33)32-18)36-17-21-22(30)12-8-13-23(21)31/h5-15,20H,16-17H2,1-4H3/t20-/m1/s1. The number of ether oxygens (including phenoxy) is 2. The van der Waals surface area contributed by atoms with E-state index in [1.165, 1.54) is 6.07 Å². The Hall–Kier alpha value is -4.07. The molecule has 4 aromatic rings. The van der Waals surface area contributed by atoms with Crippen LogP contribution in [0.2, 0.25) is 0 Å². The smallest absolute Gasteiger partial charge is 0.314 e. The molecule has 0 saturated heterocycles. The molecule has 0 N–H and O–H groups in total. The van der Waals surface area contributed by atoms with Crippen LogP contribution in [0.3, 0.4) is 0 Å². The predicted octanol–water partition coefficient (Wildman–Crippen LogP) is 6.20. The first-order valence-electron chi connectivity index (χ1n) is 11.9. The van der Waals surface area contributed by atoms with E-state index in [1.54, 1.807) is 74.7 Å². The highest BCUT2D eigenvalue weighted by Crippen LogP contribution is 2.29. The number of hydrogen-bond donors (Lipinski definition) is 0. The molecule has 2 aromatic heterocycles. The van der Waals surface area contributed by atoms with Crippen LogP contribution in [-0.4, -0.2) is 26.7 Å². The summed E-state index contributed by atoms with van der Waals surface area (Å²) in [6.45, 7) is 6.67. The molecular weight excluding hydrogens is 478 g/mol. The summed E-state index contributed by atoms with van der Waals surface area (Å²) in [5.74, 6) is -2.76. The Bertz CT molecular complexity index is 1420. The number of nitrogens with zero attached hydrogens (tertiary/aromatic N) is 2. The van der Waals surface area contributed by atoms with Crippen molar-refractivity contribution in [2.24, 2.45) is 0 Å². The maximum absolute atomic E-state index is 14.0. The van der Waals surface area contributed by atoms with Crippen molar-refractivity contribution in [2.75, 3.05) is 0 Å². The highest BCUT2D eigenvalue weighted by molar-refractivity contribution is 5.99. The highest BCUT2D eigenvalue weighted by Gasteiger charge is 2.31. The number of hydrogen-bond acceptors (Lipinski definition) is 5. The Morgan fingerprint density at radius 2 is 1.65 bits per heavy atom. The van der Waals surface area contributed by atoms with Crippen LogP contribution >= 0.6 is 0 Å². The number of imidazole rings is 1. The van der Waals surface area contributed by atoms with Gasteiger partial charge in [-0.25, -0.2) is 13.8 Å². The summed E-state index contributed by atoms with van der Waals surface area (Å²) >= 11 is 0. The van der Waals surface area contributed by atoms with E-state index >= 15 is 0 Å².